The summed E-state index contributed by atoms with van der Waals surface area (Å²) >= 11 is 0. The largest absolute Gasteiger partial charge is 0.497 e. The van der Waals surface area contributed by atoms with Crippen molar-refractivity contribution in [3.05, 3.63) is 23.9 Å². The van der Waals surface area contributed by atoms with Gasteiger partial charge in [-0.2, -0.15) is 0 Å². The molecule has 0 unspecified atom stereocenters. The highest BCUT2D eigenvalue weighted by Gasteiger charge is 2.54. The van der Waals surface area contributed by atoms with Crippen LogP contribution in [0.3, 0.4) is 0 Å². The van der Waals surface area contributed by atoms with E-state index in [9.17, 15) is 9.90 Å². The lowest BCUT2D eigenvalue weighted by Crippen LogP contribution is -2.41. The molecule has 1 aliphatic rings. The van der Waals surface area contributed by atoms with Crippen LogP contribution in [0.4, 0.5) is 4.79 Å². The predicted molar refractivity (Wildman–Crippen MR) is 106 cm³/mol. The van der Waals surface area contributed by atoms with Gasteiger partial charge < -0.3 is 19.2 Å². The van der Waals surface area contributed by atoms with E-state index < -0.39 is 29.8 Å². The van der Waals surface area contributed by atoms with Gasteiger partial charge in [-0.15, -0.1) is 0 Å². The fourth-order valence-corrected chi connectivity index (χ4v) is 3.56. The van der Waals surface area contributed by atoms with E-state index in [2.05, 4.69) is 0 Å². The summed E-state index contributed by atoms with van der Waals surface area (Å²) in [6, 6.07) is 5.39. The Morgan fingerprint density at radius 2 is 1.70 bits per heavy atom. The Morgan fingerprint density at radius 1 is 1.15 bits per heavy atom. The van der Waals surface area contributed by atoms with Gasteiger partial charge in [0.15, 0.2) is 0 Å². The van der Waals surface area contributed by atoms with E-state index in [4.69, 9.17) is 14.0 Å². The number of nitrogens with zero attached hydrogens (tertiary/aromatic N) is 1. The van der Waals surface area contributed by atoms with Crippen LogP contribution in [-0.2, 0) is 14.7 Å². The molecule has 7 heteroatoms. The summed E-state index contributed by atoms with van der Waals surface area (Å²) in [6.07, 6.45) is -1.03. The quantitative estimate of drug-likeness (QED) is 0.812. The second-order valence-corrected chi connectivity index (χ2v) is 9.10. The van der Waals surface area contributed by atoms with Gasteiger partial charge in [-0.1, -0.05) is 20.8 Å². The highest BCUT2D eigenvalue weighted by molar-refractivity contribution is 6.66. The maximum absolute atomic E-state index is 12.2. The number of hydrogen-bond donors (Lipinski definition) is 1. The van der Waals surface area contributed by atoms with Gasteiger partial charge in [0, 0.05) is 22.0 Å². The van der Waals surface area contributed by atoms with Crippen molar-refractivity contribution in [2.24, 2.45) is 0 Å². The van der Waals surface area contributed by atoms with Gasteiger partial charge >= 0.3 is 13.2 Å². The van der Waals surface area contributed by atoms with E-state index in [0.29, 0.717) is 17.0 Å². The molecule has 0 bridgehead atoms. The Kier molecular flexibility index (Phi) is 4.40. The molecule has 1 aliphatic heterocycles. The van der Waals surface area contributed by atoms with Crippen LogP contribution in [0.15, 0.2) is 18.2 Å². The van der Waals surface area contributed by atoms with E-state index in [0.717, 1.165) is 10.8 Å². The van der Waals surface area contributed by atoms with E-state index in [1.54, 1.807) is 19.2 Å². The number of rotatable bonds is 2. The standard InChI is InChI=1S/C20H28BNO5/c1-18(2,3)16-15(21-26-19(4,5)20(6,7)27-21)13-11-12(25-8)9-10-14(13)22(16)17(23)24/h9-11H,1-8H3,(H,23,24). The van der Waals surface area contributed by atoms with Crippen molar-refractivity contribution in [2.75, 3.05) is 7.11 Å². The van der Waals surface area contributed by atoms with Crippen LogP contribution in [0.1, 0.15) is 54.2 Å². The SMILES string of the molecule is COc1ccc2c(c1)c(B1OC(C)(C)C(C)(C)O1)c(C(C)(C)C)n2C(=O)O. The summed E-state index contributed by atoms with van der Waals surface area (Å²) in [7, 11) is 0.925. The van der Waals surface area contributed by atoms with Crippen LogP contribution in [-0.4, -0.2) is 41.2 Å². The van der Waals surface area contributed by atoms with Gasteiger partial charge in [0.1, 0.15) is 5.75 Å². The minimum absolute atomic E-state index is 0.441. The van der Waals surface area contributed by atoms with Crippen LogP contribution in [0.5, 0.6) is 5.75 Å². The Bertz CT molecular complexity index is 891. The zero-order valence-corrected chi connectivity index (χ0v) is 17.3. The summed E-state index contributed by atoms with van der Waals surface area (Å²) in [5.41, 5.74) is 0.517. The third-order valence-electron chi connectivity index (χ3n) is 5.60. The number of carbonyl (C=O) groups is 1. The second kappa shape index (κ2) is 6.01. The van der Waals surface area contributed by atoms with Gasteiger partial charge in [-0.3, -0.25) is 0 Å². The molecule has 2 heterocycles. The Hall–Kier alpha value is -1.99. The number of hydrogen-bond acceptors (Lipinski definition) is 4. The maximum atomic E-state index is 12.2. The fourth-order valence-electron chi connectivity index (χ4n) is 3.56. The summed E-state index contributed by atoms with van der Waals surface area (Å²) in [5.74, 6) is 0.656. The van der Waals surface area contributed by atoms with Gasteiger partial charge in [-0.05, 0) is 45.9 Å². The fraction of sp³-hybridized carbons (Fsp3) is 0.550. The number of ether oxygens (including phenoxy) is 1. The number of benzene rings is 1. The molecule has 0 saturated carbocycles. The first-order valence-electron chi connectivity index (χ1n) is 9.12. The van der Waals surface area contributed by atoms with E-state index in [-0.39, 0.29) is 0 Å². The third-order valence-corrected chi connectivity index (χ3v) is 5.60. The topological polar surface area (TPSA) is 69.9 Å². The third kappa shape index (κ3) is 3.03. The molecular weight excluding hydrogens is 345 g/mol. The highest BCUT2D eigenvalue weighted by atomic mass is 16.7. The molecule has 1 saturated heterocycles. The number of carboxylic acid groups (broad SMARTS) is 1. The van der Waals surface area contributed by atoms with Crippen molar-refractivity contribution >= 4 is 29.6 Å². The van der Waals surface area contributed by atoms with Gasteiger partial charge in [0.25, 0.3) is 0 Å². The monoisotopic (exact) mass is 373 g/mol. The molecule has 0 radical (unpaired) electrons. The minimum atomic E-state index is -1.03. The number of methoxy groups -OCH3 is 1. The second-order valence-electron chi connectivity index (χ2n) is 9.10. The Morgan fingerprint density at radius 3 is 2.15 bits per heavy atom. The van der Waals surface area contributed by atoms with Crippen LogP contribution >= 0.6 is 0 Å². The molecule has 1 aromatic heterocycles. The van der Waals surface area contributed by atoms with Crippen molar-refractivity contribution in [1.82, 2.24) is 4.57 Å². The van der Waals surface area contributed by atoms with Crippen LogP contribution in [0.25, 0.3) is 10.9 Å². The van der Waals surface area contributed by atoms with Crippen LogP contribution < -0.4 is 10.2 Å². The van der Waals surface area contributed by atoms with Crippen molar-refractivity contribution < 1.29 is 23.9 Å². The van der Waals surface area contributed by atoms with E-state index in [1.807, 2.05) is 54.5 Å². The van der Waals surface area contributed by atoms with Crippen molar-refractivity contribution in [1.29, 1.82) is 0 Å². The highest BCUT2D eigenvalue weighted by Crippen LogP contribution is 2.39. The summed E-state index contributed by atoms with van der Waals surface area (Å²) in [5, 5.41) is 10.7. The molecule has 6 nitrogen and oxygen atoms in total. The van der Waals surface area contributed by atoms with Crippen molar-refractivity contribution in [2.45, 2.75) is 65.1 Å². The normalized spacial score (nSPS) is 18.9. The summed E-state index contributed by atoms with van der Waals surface area (Å²) < 4.78 is 19.3. The van der Waals surface area contributed by atoms with Crippen molar-refractivity contribution in [3.8, 4) is 5.75 Å². The first kappa shape index (κ1) is 19.8. The zero-order valence-electron chi connectivity index (χ0n) is 17.3. The minimum Gasteiger partial charge on any atom is -0.497 e. The predicted octanol–water partition coefficient (Wildman–Crippen LogP) is 3.77. The first-order valence-corrected chi connectivity index (χ1v) is 9.12. The Balaban J connectivity index is 2.38. The smallest absolute Gasteiger partial charge is 0.497 e. The van der Waals surface area contributed by atoms with Crippen LogP contribution in [0.2, 0.25) is 0 Å². The molecule has 0 atom stereocenters. The molecule has 1 N–H and O–H groups in total. The number of fused-ring (bicyclic) bond motifs is 1. The molecular formula is C20H28BNO5. The van der Waals surface area contributed by atoms with Gasteiger partial charge in [0.05, 0.1) is 23.8 Å². The lowest BCUT2D eigenvalue weighted by molar-refractivity contribution is 0.00578. The summed E-state index contributed by atoms with van der Waals surface area (Å²) in [4.78, 5) is 12.2. The molecule has 1 aromatic carbocycles. The molecule has 0 spiro atoms. The molecule has 3 rings (SSSR count). The first-order chi connectivity index (χ1) is 12.3. The average Bonchev–Trinajstić information content (AvgIpc) is 2.97. The van der Waals surface area contributed by atoms with Crippen molar-refractivity contribution in [3.63, 3.8) is 0 Å². The molecule has 1 fully saturated rings. The van der Waals surface area contributed by atoms with Crippen LogP contribution in [0, 0.1) is 0 Å². The van der Waals surface area contributed by atoms with E-state index in [1.165, 1.54) is 4.57 Å². The summed E-state index contributed by atoms with van der Waals surface area (Å²) in [6.45, 7) is 13.9. The molecule has 0 amide bonds. The molecule has 0 aliphatic carbocycles. The lowest BCUT2D eigenvalue weighted by atomic mass is 9.72. The molecule has 146 valence electrons. The lowest BCUT2D eigenvalue weighted by Gasteiger charge is -2.32. The average molecular weight is 373 g/mol. The van der Waals surface area contributed by atoms with E-state index >= 15 is 0 Å². The maximum Gasteiger partial charge on any atom is 0.497 e. The molecule has 27 heavy (non-hydrogen) atoms. The van der Waals surface area contributed by atoms with Gasteiger partial charge in [-0.25, -0.2) is 9.36 Å². The zero-order chi connectivity index (χ0) is 20.4. The molecule has 2 aromatic rings. The Labute approximate surface area is 160 Å². The number of aromatic nitrogens is 1. The van der Waals surface area contributed by atoms with Gasteiger partial charge in [0.2, 0.25) is 0 Å².